The van der Waals surface area contributed by atoms with Crippen molar-refractivity contribution in [2.24, 2.45) is 10.9 Å². The van der Waals surface area contributed by atoms with Gasteiger partial charge < -0.3 is 14.2 Å². The second kappa shape index (κ2) is 7.95. The molecule has 0 spiro atoms. The number of hydrogen-bond donors (Lipinski definition) is 0. The quantitative estimate of drug-likeness (QED) is 0.592. The molecule has 2 atom stereocenters. The fraction of sp³-hybridized carbons (Fsp3) is 0.368. The Kier molecular flexibility index (Phi) is 5.92. The van der Waals surface area contributed by atoms with Crippen molar-refractivity contribution >= 4 is 23.9 Å². The minimum absolute atomic E-state index is 0.224. The van der Waals surface area contributed by atoms with E-state index in [1.54, 1.807) is 32.0 Å². The van der Waals surface area contributed by atoms with E-state index >= 15 is 0 Å². The van der Waals surface area contributed by atoms with Gasteiger partial charge >= 0.3 is 11.9 Å². The van der Waals surface area contributed by atoms with Crippen molar-refractivity contribution in [3.63, 3.8) is 0 Å². The lowest BCUT2D eigenvalue weighted by molar-refractivity contribution is -0.143. The van der Waals surface area contributed by atoms with Crippen molar-refractivity contribution in [2.45, 2.75) is 19.8 Å². The number of ether oxygens (including phenoxy) is 3. The average Bonchev–Trinajstić information content (AvgIpc) is 2.65. The van der Waals surface area contributed by atoms with Crippen LogP contribution in [0.25, 0.3) is 0 Å². The van der Waals surface area contributed by atoms with Gasteiger partial charge in [0.25, 0.3) is 0 Å². The Labute approximate surface area is 151 Å². The lowest BCUT2D eigenvalue weighted by Crippen LogP contribution is -2.36. The topological polar surface area (TPSA) is 91.3 Å². The Morgan fingerprint density at radius 2 is 1.81 bits per heavy atom. The summed E-state index contributed by atoms with van der Waals surface area (Å²) in [5.41, 5.74) is 1.98. The van der Waals surface area contributed by atoms with Gasteiger partial charge in [-0.3, -0.25) is 14.6 Å². The van der Waals surface area contributed by atoms with Crippen LogP contribution in [0.2, 0.25) is 0 Å². The zero-order valence-electron chi connectivity index (χ0n) is 15.4. The van der Waals surface area contributed by atoms with Crippen LogP contribution < -0.4 is 4.74 Å². The average molecular weight is 359 g/mol. The Morgan fingerprint density at radius 1 is 1.12 bits per heavy atom. The molecule has 1 aliphatic rings. The van der Waals surface area contributed by atoms with Crippen molar-refractivity contribution < 1.29 is 28.6 Å². The molecule has 0 bridgehead atoms. The van der Waals surface area contributed by atoms with E-state index in [0.29, 0.717) is 34.6 Å². The maximum absolute atomic E-state index is 12.5. The van der Waals surface area contributed by atoms with Crippen LogP contribution in [0.3, 0.4) is 0 Å². The molecule has 0 fully saturated rings. The number of esters is 2. The molecule has 2 unspecified atom stereocenters. The van der Waals surface area contributed by atoms with E-state index in [-0.39, 0.29) is 5.57 Å². The van der Waals surface area contributed by atoms with Crippen LogP contribution >= 0.6 is 0 Å². The van der Waals surface area contributed by atoms with Gasteiger partial charge in [0.15, 0.2) is 0 Å². The molecule has 26 heavy (non-hydrogen) atoms. The highest BCUT2D eigenvalue weighted by atomic mass is 16.5. The van der Waals surface area contributed by atoms with Crippen LogP contribution in [0.1, 0.15) is 35.7 Å². The third kappa shape index (κ3) is 3.37. The molecular formula is C19H21NO6. The first-order chi connectivity index (χ1) is 12.4. The second-order valence-corrected chi connectivity index (χ2v) is 5.84. The molecule has 0 saturated heterocycles. The van der Waals surface area contributed by atoms with Crippen LogP contribution in [-0.4, -0.2) is 45.3 Å². The normalized spacial score (nSPS) is 19.5. The number of nitrogens with zero attached hydrogens (tertiary/aromatic N) is 1. The number of allylic oxidation sites excluding steroid dienone is 1. The molecule has 138 valence electrons. The zero-order valence-corrected chi connectivity index (χ0v) is 15.4. The van der Waals surface area contributed by atoms with Gasteiger partial charge in [0.05, 0.1) is 26.9 Å². The lowest BCUT2D eigenvalue weighted by atomic mass is 9.74. The van der Waals surface area contributed by atoms with Crippen LogP contribution in [0.4, 0.5) is 0 Å². The van der Waals surface area contributed by atoms with E-state index < -0.39 is 23.8 Å². The molecule has 2 rings (SSSR count). The summed E-state index contributed by atoms with van der Waals surface area (Å²) < 4.78 is 15.0. The van der Waals surface area contributed by atoms with Crippen LogP contribution in [0.5, 0.6) is 5.75 Å². The maximum Gasteiger partial charge on any atom is 0.336 e. The van der Waals surface area contributed by atoms with Crippen molar-refractivity contribution in [2.75, 3.05) is 21.3 Å². The predicted molar refractivity (Wildman–Crippen MR) is 94.5 cm³/mol. The number of hydrogen-bond acceptors (Lipinski definition) is 7. The van der Waals surface area contributed by atoms with Crippen molar-refractivity contribution in [1.82, 2.24) is 0 Å². The zero-order chi connectivity index (χ0) is 19.4. The first-order valence-corrected chi connectivity index (χ1v) is 7.94. The van der Waals surface area contributed by atoms with Gasteiger partial charge in [0, 0.05) is 22.9 Å². The summed E-state index contributed by atoms with van der Waals surface area (Å²) in [5.74, 6) is -2.25. The molecule has 1 aliphatic heterocycles. The van der Waals surface area contributed by atoms with Gasteiger partial charge in [-0.2, -0.15) is 0 Å². The molecule has 7 heteroatoms. The summed E-state index contributed by atoms with van der Waals surface area (Å²) in [4.78, 5) is 40.9. The first kappa shape index (κ1) is 19.4. The Hall–Kier alpha value is -2.96. The minimum Gasteiger partial charge on any atom is -0.497 e. The van der Waals surface area contributed by atoms with Gasteiger partial charge in [0.2, 0.25) is 0 Å². The molecular weight excluding hydrogens is 338 g/mol. The molecule has 7 nitrogen and oxygen atoms in total. The molecule has 0 aromatic heterocycles. The molecule has 0 amide bonds. The largest absolute Gasteiger partial charge is 0.497 e. The van der Waals surface area contributed by atoms with Crippen LogP contribution in [0, 0.1) is 5.92 Å². The summed E-state index contributed by atoms with van der Waals surface area (Å²) >= 11 is 0. The summed E-state index contributed by atoms with van der Waals surface area (Å²) in [6, 6.07) is 4.89. The summed E-state index contributed by atoms with van der Waals surface area (Å²) in [7, 11) is 4.01. The van der Waals surface area contributed by atoms with Crippen molar-refractivity contribution in [3.05, 3.63) is 40.6 Å². The van der Waals surface area contributed by atoms with E-state index in [9.17, 15) is 14.4 Å². The van der Waals surface area contributed by atoms with Crippen molar-refractivity contribution in [3.8, 4) is 5.75 Å². The summed E-state index contributed by atoms with van der Waals surface area (Å²) in [5, 5.41) is 0. The van der Waals surface area contributed by atoms with Gasteiger partial charge in [-0.1, -0.05) is 6.07 Å². The van der Waals surface area contributed by atoms with Gasteiger partial charge in [0.1, 0.15) is 18.0 Å². The fourth-order valence-electron chi connectivity index (χ4n) is 3.25. The molecule has 0 N–H and O–H groups in total. The molecule has 1 aromatic carbocycles. The highest BCUT2D eigenvalue weighted by Gasteiger charge is 2.42. The number of rotatable bonds is 5. The Morgan fingerprint density at radius 3 is 2.35 bits per heavy atom. The van der Waals surface area contributed by atoms with Gasteiger partial charge in [-0.05, 0) is 31.5 Å². The van der Waals surface area contributed by atoms with Crippen molar-refractivity contribution in [1.29, 1.82) is 0 Å². The highest BCUT2D eigenvalue weighted by Crippen LogP contribution is 2.41. The minimum atomic E-state index is -0.843. The highest BCUT2D eigenvalue weighted by molar-refractivity contribution is 6.07. The first-order valence-electron chi connectivity index (χ1n) is 7.94. The molecule has 0 saturated carbocycles. The molecule has 1 heterocycles. The lowest BCUT2D eigenvalue weighted by Gasteiger charge is -2.31. The van der Waals surface area contributed by atoms with Gasteiger partial charge in [-0.25, -0.2) is 4.79 Å². The van der Waals surface area contributed by atoms with E-state index in [2.05, 4.69) is 4.99 Å². The summed E-state index contributed by atoms with van der Waals surface area (Å²) in [6.45, 7) is 3.36. The monoisotopic (exact) mass is 359 g/mol. The number of aliphatic imine (C=N–C) groups is 1. The number of benzene rings is 1. The Balaban J connectivity index is 2.76. The second-order valence-electron chi connectivity index (χ2n) is 5.84. The summed E-state index contributed by atoms with van der Waals surface area (Å²) in [6.07, 6.45) is 0.664. The SMILES string of the molecule is COC(=O)C1=C(C)N=C(C)C(C(=O)OC)C1c1ccc(OC)cc1C=O. The molecule has 0 radical (unpaired) electrons. The van der Waals surface area contributed by atoms with E-state index in [0.717, 1.165) is 0 Å². The molecule has 1 aromatic rings. The smallest absolute Gasteiger partial charge is 0.336 e. The van der Waals surface area contributed by atoms with Gasteiger partial charge in [-0.15, -0.1) is 0 Å². The standard InChI is InChI=1S/C19H21NO6/c1-10-15(18(22)25-4)17(16(11(2)20-10)19(23)26-5)14-7-6-13(24-3)8-12(14)9-21/h6-9,15,17H,1-5H3. The Bertz CT molecular complexity index is 808. The van der Waals surface area contributed by atoms with Crippen LogP contribution in [0.15, 0.2) is 34.5 Å². The van der Waals surface area contributed by atoms with E-state index in [1.807, 2.05) is 0 Å². The van der Waals surface area contributed by atoms with Crippen LogP contribution in [-0.2, 0) is 19.1 Å². The predicted octanol–water partition coefficient (Wildman–Crippen LogP) is 2.30. The number of carbonyl (C=O) groups is 3. The van der Waals surface area contributed by atoms with E-state index in [4.69, 9.17) is 14.2 Å². The number of methoxy groups -OCH3 is 3. The number of aldehydes is 1. The van der Waals surface area contributed by atoms with E-state index in [1.165, 1.54) is 21.3 Å². The fourth-order valence-corrected chi connectivity index (χ4v) is 3.25. The third-order valence-electron chi connectivity index (χ3n) is 4.44. The molecule has 0 aliphatic carbocycles. The third-order valence-corrected chi connectivity index (χ3v) is 4.44. The maximum atomic E-state index is 12.5. The number of carbonyl (C=O) groups excluding carboxylic acids is 3.